The van der Waals surface area contributed by atoms with Crippen molar-refractivity contribution in [3.63, 3.8) is 0 Å². The minimum atomic E-state index is -5.12. The summed E-state index contributed by atoms with van der Waals surface area (Å²) in [4.78, 5) is 24.4. The van der Waals surface area contributed by atoms with E-state index >= 15 is 0 Å². The molecule has 0 saturated heterocycles. The first-order chi connectivity index (χ1) is 14.7. The SMILES string of the molecule is O=C(Nc1cc(C(F)(F)F)cc(C(F)(F)F)c1)c1cc(Cl)ccc1OC(=O)C(O)CCO. The molecule has 2 aromatic carbocycles. The van der Waals surface area contributed by atoms with Crippen molar-refractivity contribution in [2.24, 2.45) is 0 Å². The molecule has 0 aliphatic rings. The lowest BCUT2D eigenvalue weighted by Gasteiger charge is -2.16. The Morgan fingerprint density at radius 3 is 2.06 bits per heavy atom. The van der Waals surface area contributed by atoms with Crippen LogP contribution >= 0.6 is 11.6 Å². The van der Waals surface area contributed by atoms with Crippen molar-refractivity contribution in [2.45, 2.75) is 24.9 Å². The summed E-state index contributed by atoms with van der Waals surface area (Å²) in [6, 6.07) is 3.67. The highest BCUT2D eigenvalue weighted by Crippen LogP contribution is 2.37. The summed E-state index contributed by atoms with van der Waals surface area (Å²) in [5.41, 5.74) is -4.62. The summed E-state index contributed by atoms with van der Waals surface area (Å²) >= 11 is 5.78. The van der Waals surface area contributed by atoms with Gasteiger partial charge in [0.2, 0.25) is 0 Å². The number of alkyl halides is 6. The standard InChI is InChI=1S/C19H14ClF6NO5/c20-11-1-2-15(32-17(31)14(29)3-4-28)13(8-11)16(30)27-12-6-9(18(21,22)23)5-10(7-12)19(24,25)26/h1-2,5-8,14,28-29H,3-4H2,(H,27,30). The number of carbonyl (C=O) groups is 2. The summed E-state index contributed by atoms with van der Waals surface area (Å²) in [6.45, 7) is -0.554. The van der Waals surface area contributed by atoms with Crippen LogP contribution in [0.4, 0.5) is 32.0 Å². The van der Waals surface area contributed by atoms with Gasteiger partial charge in [0.25, 0.3) is 5.91 Å². The number of ether oxygens (including phenoxy) is 1. The van der Waals surface area contributed by atoms with Gasteiger partial charge in [-0.25, -0.2) is 4.79 Å². The lowest BCUT2D eigenvalue weighted by atomic mass is 10.1. The highest BCUT2D eigenvalue weighted by Gasteiger charge is 2.37. The van der Waals surface area contributed by atoms with Gasteiger partial charge in [0.05, 0.1) is 16.7 Å². The summed E-state index contributed by atoms with van der Waals surface area (Å²) in [5.74, 6) is -2.97. The maximum Gasteiger partial charge on any atom is 0.416 e. The van der Waals surface area contributed by atoms with E-state index in [2.05, 4.69) is 0 Å². The van der Waals surface area contributed by atoms with Crippen LogP contribution in [0.1, 0.15) is 27.9 Å². The molecule has 32 heavy (non-hydrogen) atoms. The zero-order chi connectivity index (χ0) is 24.3. The smallest absolute Gasteiger partial charge is 0.416 e. The van der Waals surface area contributed by atoms with E-state index in [1.54, 1.807) is 0 Å². The Labute approximate surface area is 181 Å². The fourth-order valence-corrected chi connectivity index (χ4v) is 2.58. The Hall–Kier alpha value is -2.83. The van der Waals surface area contributed by atoms with Gasteiger partial charge in [-0.2, -0.15) is 26.3 Å². The van der Waals surface area contributed by atoms with Gasteiger partial charge in [0.1, 0.15) is 5.75 Å². The maximum absolute atomic E-state index is 13.0. The zero-order valence-corrected chi connectivity index (χ0v) is 16.5. The molecule has 2 rings (SSSR count). The van der Waals surface area contributed by atoms with Crippen molar-refractivity contribution < 1.29 is 50.9 Å². The Bertz CT molecular complexity index is 976. The molecule has 0 aliphatic heterocycles. The average Bonchev–Trinajstić information content (AvgIpc) is 2.67. The Morgan fingerprint density at radius 1 is 1.00 bits per heavy atom. The van der Waals surface area contributed by atoms with E-state index in [0.29, 0.717) is 12.1 Å². The maximum atomic E-state index is 13.0. The monoisotopic (exact) mass is 485 g/mol. The average molecular weight is 486 g/mol. The Morgan fingerprint density at radius 2 is 1.56 bits per heavy atom. The van der Waals surface area contributed by atoms with Gasteiger partial charge in [-0.1, -0.05) is 11.6 Å². The topological polar surface area (TPSA) is 95.9 Å². The molecule has 2 aromatic rings. The van der Waals surface area contributed by atoms with Gasteiger partial charge in [-0.05, 0) is 36.4 Å². The molecule has 174 valence electrons. The van der Waals surface area contributed by atoms with Crippen molar-refractivity contribution in [2.75, 3.05) is 11.9 Å². The Balaban J connectivity index is 2.41. The van der Waals surface area contributed by atoms with Crippen LogP contribution in [-0.2, 0) is 17.1 Å². The molecule has 0 heterocycles. The second-order valence-corrected chi connectivity index (χ2v) is 6.77. The molecular formula is C19H14ClF6NO5. The van der Waals surface area contributed by atoms with Crippen LogP contribution in [0.3, 0.4) is 0 Å². The number of carbonyl (C=O) groups excluding carboxylic acids is 2. The van der Waals surface area contributed by atoms with Crippen LogP contribution in [0.25, 0.3) is 0 Å². The van der Waals surface area contributed by atoms with Crippen molar-refractivity contribution in [3.05, 3.63) is 58.1 Å². The number of benzene rings is 2. The second-order valence-electron chi connectivity index (χ2n) is 6.34. The Kier molecular flexibility index (Phi) is 7.75. The summed E-state index contributed by atoms with van der Waals surface area (Å²) in [7, 11) is 0. The third kappa shape index (κ3) is 6.58. The molecule has 0 radical (unpaired) electrons. The summed E-state index contributed by atoms with van der Waals surface area (Å²) in [6.07, 6.45) is -12.4. The molecule has 1 unspecified atom stereocenters. The molecule has 0 spiro atoms. The van der Waals surface area contributed by atoms with Gasteiger partial charge >= 0.3 is 18.3 Å². The van der Waals surface area contributed by atoms with E-state index < -0.39 is 65.1 Å². The number of hydrogen-bond donors (Lipinski definition) is 3. The fourth-order valence-electron chi connectivity index (χ4n) is 2.41. The molecule has 0 saturated carbocycles. The van der Waals surface area contributed by atoms with Gasteiger partial charge in [-0.3, -0.25) is 4.79 Å². The number of anilines is 1. The van der Waals surface area contributed by atoms with E-state index in [-0.39, 0.29) is 17.5 Å². The first-order valence-corrected chi connectivity index (χ1v) is 9.01. The molecule has 3 N–H and O–H groups in total. The number of hydrogen-bond acceptors (Lipinski definition) is 5. The summed E-state index contributed by atoms with van der Waals surface area (Å²) in [5, 5.41) is 20.1. The molecule has 0 aromatic heterocycles. The predicted octanol–water partition coefficient (Wildman–Crippen LogP) is 4.28. The lowest BCUT2D eigenvalue weighted by molar-refractivity contribution is -0.145. The van der Waals surface area contributed by atoms with Crippen molar-refractivity contribution in [1.82, 2.24) is 0 Å². The van der Waals surface area contributed by atoms with E-state index in [9.17, 15) is 41.0 Å². The van der Waals surface area contributed by atoms with Gasteiger partial charge in [0, 0.05) is 23.7 Å². The number of halogens is 7. The van der Waals surface area contributed by atoms with Crippen LogP contribution in [0.5, 0.6) is 5.75 Å². The fraction of sp³-hybridized carbons (Fsp3) is 0.263. The number of nitrogens with one attached hydrogen (secondary N) is 1. The second kappa shape index (κ2) is 9.76. The molecule has 0 bridgehead atoms. The minimum absolute atomic E-state index is 0.0640. The third-order valence-corrected chi connectivity index (χ3v) is 4.15. The lowest BCUT2D eigenvalue weighted by Crippen LogP contribution is -2.27. The van der Waals surface area contributed by atoms with Gasteiger partial charge in [0.15, 0.2) is 6.10 Å². The van der Waals surface area contributed by atoms with E-state index in [1.165, 1.54) is 6.07 Å². The molecule has 0 aliphatic carbocycles. The van der Waals surface area contributed by atoms with Crippen LogP contribution in [0.15, 0.2) is 36.4 Å². The first kappa shape index (κ1) is 25.4. The molecule has 0 fully saturated rings. The van der Waals surface area contributed by atoms with Gasteiger partial charge < -0.3 is 20.3 Å². The van der Waals surface area contributed by atoms with Crippen molar-refractivity contribution in [1.29, 1.82) is 0 Å². The molecule has 1 atom stereocenters. The van der Waals surface area contributed by atoms with E-state index in [0.717, 1.165) is 12.1 Å². The number of esters is 1. The number of aliphatic hydroxyl groups is 2. The quantitative estimate of drug-likeness (QED) is 0.322. The highest BCUT2D eigenvalue weighted by atomic mass is 35.5. The molecule has 13 heteroatoms. The first-order valence-electron chi connectivity index (χ1n) is 8.63. The normalized spacial score (nSPS) is 12.9. The van der Waals surface area contributed by atoms with E-state index in [4.69, 9.17) is 21.4 Å². The van der Waals surface area contributed by atoms with Crippen LogP contribution in [-0.4, -0.2) is 34.8 Å². The van der Waals surface area contributed by atoms with Crippen molar-refractivity contribution in [3.8, 4) is 5.75 Å². The van der Waals surface area contributed by atoms with Crippen LogP contribution < -0.4 is 10.1 Å². The van der Waals surface area contributed by atoms with Gasteiger partial charge in [-0.15, -0.1) is 0 Å². The molecule has 6 nitrogen and oxygen atoms in total. The molecular weight excluding hydrogens is 472 g/mol. The highest BCUT2D eigenvalue weighted by molar-refractivity contribution is 6.31. The van der Waals surface area contributed by atoms with Crippen LogP contribution in [0, 0.1) is 0 Å². The molecule has 1 amide bonds. The van der Waals surface area contributed by atoms with E-state index in [1.807, 2.05) is 5.32 Å². The largest absolute Gasteiger partial charge is 0.424 e. The number of aliphatic hydroxyl groups excluding tert-OH is 2. The summed E-state index contributed by atoms with van der Waals surface area (Å²) < 4.78 is 82.8. The third-order valence-electron chi connectivity index (χ3n) is 3.92. The number of rotatable bonds is 6. The van der Waals surface area contributed by atoms with Crippen molar-refractivity contribution >= 4 is 29.2 Å². The van der Waals surface area contributed by atoms with Crippen LogP contribution in [0.2, 0.25) is 5.02 Å². The predicted molar refractivity (Wildman–Crippen MR) is 99.2 cm³/mol. The minimum Gasteiger partial charge on any atom is -0.424 e. The number of amides is 1. The zero-order valence-electron chi connectivity index (χ0n) is 15.7.